The van der Waals surface area contributed by atoms with Crippen molar-refractivity contribution in [1.82, 2.24) is 10.2 Å². The number of para-hydroxylation sites is 1. The quantitative estimate of drug-likeness (QED) is 0.904. The molecule has 2 aromatic rings. The van der Waals surface area contributed by atoms with Gasteiger partial charge in [0.25, 0.3) is 0 Å². The summed E-state index contributed by atoms with van der Waals surface area (Å²) in [4.78, 5) is 25.1. The van der Waals surface area contributed by atoms with Crippen LogP contribution in [0.1, 0.15) is 37.1 Å². The molecular formula is C18H22N2O4. The van der Waals surface area contributed by atoms with Crippen molar-refractivity contribution in [2.75, 3.05) is 13.1 Å². The SMILES string of the molecule is Cc1c(C(C)NC(=O)N2CCC(C(=O)O)CC2)oc2ccccc12. The van der Waals surface area contributed by atoms with E-state index in [0.717, 1.165) is 22.3 Å². The summed E-state index contributed by atoms with van der Waals surface area (Å²) < 4.78 is 5.89. The number of urea groups is 1. The van der Waals surface area contributed by atoms with E-state index in [9.17, 15) is 9.59 Å². The molecule has 2 amide bonds. The number of furan rings is 1. The van der Waals surface area contributed by atoms with Crippen LogP contribution in [0, 0.1) is 12.8 Å². The molecule has 1 aromatic heterocycles. The van der Waals surface area contributed by atoms with Crippen molar-refractivity contribution in [2.45, 2.75) is 32.7 Å². The first-order chi connectivity index (χ1) is 11.5. The van der Waals surface area contributed by atoms with Crippen LogP contribution in [-0.2, 0) is 4.79 Å². The topological polar surface area (TPSA) is 82.8 Å². The number of rotatable bonds is 3. The number of amides is 2. The Bertz CT molecular complexity index is 759. The van der Waals surface area contributed by atoms with E-state index in [-0.39, 0.29) is 18.0 Å². The average Bonchev–Trinajstić information content (AvgIpc) is 2.92. The molecule has 6 heteroatoms. The fraction of sp³-hybridized carbons (Fsp3) is 0.444. The van der Waals surface area contributed by atoms with Crippen LogP contribution >= 0.6 is 0 Å². The number of hydrogen-bond acceptors (Lipinski definition) is 3. The van der Waals surface area contributed by atoms with Gasteiger partial charge in [0.15, 0.2) is 0 Å². The van der Waals surface area contributed by atoms with Crippen LogP contribution in [0.25, 0.3) is 11.0 Å². The van der Waals surface area contributed by atoms with Crippen molar-refractivity contribution in [3.63, 3.8) is 0 Å². The second-order valence-electron chi connectivity index (χ2n) is 6.36. The summed E-state index contributed by atoms with van der Waals surface area (Å²) in [5.41, 5.74) is 1.84. The summed E-state index contributed by atoms with van der Waals surface area (Å²) >= 11 is 0. The van der Waals surface area contributed by atoms with E-state index in [1.165, 1.54) is 0 Å². The molecule has 0 bridgehead atoms. The molecular weight excluding hydrogens is 308 g/mol. The molecule has 6 nitrogen and oxygen atoms in total. The molecule has 3 rings (SSSR count). The number of benzene rings is 1. The standard InChI is InChI=1S/C18H22N2O4/c1-11-14-5-3-4-6-15(14)24-16(11)12(2)19-18(23)20-9-7-13(8-10-20)17(21)22/h3-6,12-13H,7-10H2,1-2H3,(H,19,23)(H,21,22). The molecule has 1 aliphatic rings. The van der Waals surface area contributed by atoms with Gasteiger partial charge >= 0.3 is 12.0 Å². The third-order valence-electron chi connectivity index (χ3n) is 4.75. The molecule has 2 heterocycles. The van der Waals surface area contributed by atoms with Gasteiger partial charge in [-0.3, -0.25) is 4.79 Å². The molecule has 2 N–H and O–H groups in total. The number of carbonyl (C=O) groups is 2. The second-order valence-corrected chi connectivity index (χ2v) is 6.36. The lowest BCUT2D eigenvalue weighted by Crippen LogP contribution is -2.46. The van der Waals surface area contributed by atoms with Crippen LogP contribution < -0.4 is 5.32 Å². The first-order valence-electron chi connectivity index (χ1n) is 8.23. The lowest BCUT2D eigenvalue weighted by Gasteiger charge is -2.31. The van der Waals surface area contributed by atoms with E-state index in [2.05, 4.69) is 5.32 Å². The van der Waals surface area contributed by atoms with Crippen molar-refractivity contribution in [1.29, 1.82) is 0 Å². The second kappa shape index (κ2) is 6.55. The van der Waals surface area contributed by atoms with Gasteiger partial charge < -0.3 is 19.7 Å². The number of piperidine rings is 1. The maximum Gasteiger partial charge on any atom is 0.317 e. The molecule has 1 fully saturated rings. The van der Waals surface area contributed by atoms with Gasteiger partial charge in [0.2, 0.25) is 0 Å². The van der Waals surface area contributed by atoms with Crippen molar-refractivity contribution < 1.29 is 19.1 Å². The maximum absolute atomic E-state index is 12.4. The van der Waals surface area contributed by atoms with Crippen LogP contribution in [-0.4, -0.2) is 35.1 Å². The smallest absolute Gasteiger partial charge is 0.317 e. The van der Waals surface area contributed by atoms with Crippen molar-refractivity contribution >= 4 is 23.0 Å². The highest BCUT2D eigenvalue weighted by Gasteiger charge is 2.28. The minimum absolute atomic E-state index is 0.175. The highest BCUT2D eigenvalue weighted by molar-refractivity contribution is 5.82. The fourth-order valence-corrected chi connectivity index (χ4v) is 3.28. The number of aryl methyl sites for hydroxylation is 1. The third kappa shape index (κ3) is 3.09. The van der Waals surface area contributed by atoms with Crippen LogP contribution in [0.5, 0.6) is 0 Å². The summed E-state index contributed by atoms with van der Waals surface area (Å²) in [5, 5.41) is 13.0. The lowest BCUT2D eigenvalue weighted by molar-refractivity contribution is -0.143. The van der Waals surface area contributed by atoms with E-state index < -0.39 is 5.97 Å². The van der Waals surface area contributed by atoms with Gasteiger partial charge in [-0.1, -0.05) is 18.2 Å². The Morgan fingerprint density at radius 3 is 2.58 bits per heavy atom. The Morgan fingerprint density at radius 1 is 1.29 bits per heavy atom. The number of hydrogen-bond donors (Lipinski definition) is 2. The van der Waals surface area contributed by atoms with Gasteiger partial charge in [0.05, 0.1) is 12.0 Å². The van der Waals surface area contributed by atoms with Crippen LogP contribution in [0.15, 0.2) is 28.7 Å². The number of nitrogens with one attached hydrogen (secondary N) is 1. The van der Waals surface area contributed by atoms with E-state index in [1.807, 2.05) is 38.1 Å². The maximum atomic E-state index is 12.4. The number of likely N-dealkylation sites (tertiary alicyclic amines) is 1. The molecule has 0 radical (unpaired) electrons. The predicted molar refractivity (Wildman–Crippen MR) is 89.8 cm³/mol. The van der Waals surface area contributed by atoms with Gasteiger partial charge in [-0.25, -0.2) is 4.79 Å². The Hall–Kier alpha value is -2.50. The van der Waals surface area contributed by atoms with Crippen LogP contribution in [0.4, 0.5) is 4.79 Å². The molecule has 1 atom stereocenters. The zero-order valence-corrected chi connectivity index (χ0v) is 13.9. The molecule has 1 saturated heterocycles. The fourth-order valence-electron chi connectivity index (χ4n) is 3.28. The molecule has 0 aliphatic carbocycles. The summed E-state index contributed by atoms with van der Waals surface area (Å²) in [7, 11) is 0. The van der Waals surface area contributed by atoms with Crippen molar-refractivity contribution in [2.24, 2.45) is 5.92 Å². The summed E-state index contributed by atoms with van der Waals surface area (Å²) in [5.74, 6) is -0.365. The van der Waals surface area contributed by atoms with Crippen LogP contribution in [0.2, 0.25) is 0 Å². The molecule has 1 unspecified atom stereocenters. The first kappa shape index (κ1) is 16.4. The van der Waals surface area contributed by atoms with E-state index >= 15 is 0 Å². The molecule has 0 spiro atoms. The summed E-state index contributed by atoms with van der Waals surface area (Å²) in [6, 6.07) is 7.38. The number of carboxylic acids is 1. The Kier molecular flexibility index (Phi) is 4.46. The molecule has 128 valence electrons. The van der Waals surface area contributed by atoms with Gasteiger partial charge in [0.1, 0.15) is 11.3 Å². The molecule has 24 heavy (non-hydrogen) atoms. The first-order valence-corrected chi connectivity index (χ1v) is 8.23. The van der Waals surface area contributed by atoms with Gasteiger partial charge in [-0.2, -0.15) is 0 Å². The summed E-state index contributed by atoms with van der Waals surface area (Å²) in [6.07, 6.45) is 1.00. The lowest BCUT2D eigenvalue weighted by atomic mass is 9.97. The highest BCUT2D eigenvalue weighted by Crippen LogP contribution is 2.29. The Morgan fingerprint density at radius 2 is 1.96 bits per heavy atom. The van der Waals surface area contributed by atoms with E-state index in [0.29, 0.717) is 25.9 Å². The summed E-state index contributed by atoms with van der Waals surface area (Å²) in [6.45, 7) is 4.82. The minimum atomic E-state index is -0.777. The van der Waals surface area contributed by atoms with Crippen LogP contribution in [0.3, 0.4) is 0 Å². The number of nitrogens with zero attached hydrogens (tertiary/aromatic N) is 1. The van der Waals surface area contributed by atoms with Gasteiger partial charge in [-0.15, -0.1) is 0 Å². The zero-order valence-electron chi connectivity index (χ0n) is 13.9. The normalized spacial score (nSPS) is 17.0. The third-order valence-corrected chi connectivity index (χ3v) is 4.75. The highest BCUT2D eigenvalue weighted by atomic mass is 16.4. The van der Waals surface area contributed by atoms with Gasteiger partial charge in [-0.05, 0) is 32.8 Å². The zero-order chi connectivity index (χ0) is 17.3. The Labute approximate surface area is 140 Å². The molecule has 1 aliphatic heterocycles. The average molecular weight is 330 g/mol. The predicted octanol–water partition coefficient (Wildman–Crippen LogP) is 3.31. The number of carbonyl (C=O) groups excluding carboxylic acids is 1. The number of aliphatic carboxylic acids is 1. The molecule has 0 saturated carbocycles. The van der Waals surface area contributed by atoms with Crippen molar-refractivity contribution in [3.8, 4) is 0 Å². The minimum Gasteiger partial charge on any atom is -0.481 e. The molecule has 1 aromatic carbocycles. The van der Waals surface area contributed by atoms with E-state index in [4.69, 9.17) is 9.52 Å². The van der Waals surface area contributed by atoms with E-state index in [1.54, 1.807) is 4.90 Å². The number of fused-ring (bicyclic) bond motifs is 1. The van der Waals surface area contributed by atoms with Gasteiger partial charge in [0, 0.05) is 24.0 Å². The number of carboxylic acid groups (broad SMARTS) is 1. The largest absolute Gasteiger partial charge is 0.481 e. The monoisotopic (exact) mass is 330 g/mol. The Balaban J connectivity index is 1.66. The van der Waals surface area contributed by atoms with Crippen molar-refractivity contribution in [3.05, 3.63) is 35.6 Å².